The number of aromatic nitrogens is 3. The third-order valence-electron chi connectivity index (χ3n) is 4.83. The molecule has 0 bridgehead atoms. The molecule has 3 aromatic rings. The van der Waals surface area contributed by atoms with Gasteiger partial charge in [-0.2, -0.15) is 0 Å². The molecule has 1 saturated heterocycles. The van der Waals surface area contributed by atoms with E-state index in [-0.39, 0.29) is 12.0 Å². The van der Waals surface area contributed by atoms with Crippen molar-refractivity contribution < 1.29 is 4.79 Å². The molecule has 1 radical (unpaired) electrons. The smallest absolute Gasteiger partial charge is 0.223 e. The van der Waals surface area contributed by atoms with Gasteiger partial charge in [-0.05, 0) is 37.2 Å². The minimum absolute atomic E-state index is 0.209. The van der Waals surface area contributed by atoms with E-state index < -0.39 is 0 Å². The van der Waals surface area contributed by atoms with E-state index in [1.165, 1.54) is 0 Å². The van der Waals surface area contributed by atoms with Crippen LogP contribution >= 0.6 is 11.6 Å². The average molecular weight is 366 g/mol. The normalized spacial score (nSPS) is 18.0. The van der Waals surface area contributed by atoms with E-state index in [2.05, 4.69) is 21.6 Å². The van der Waals surface area contributed by atoms with Crippen molar-refractivity contribution in [2.24, 2.45) is 5.92 Å². The molecule has 1 aliphatic rings. The Morgan fingerprint density at radius 1 is 1.15 bits per heavy atom. The minimum Gasteiger partial charge on any atom is -0.319 e. The number of halogens is 1. The summed E-state index contributed by atoms with van der Waals surface area (Å²) >= 11 is 6.03. The van der Waals surface area contributed by atoms with Gasteiger partial charge in [0.15, 0.2) is 0 Å². The van der Waals surface area contributed by atoms with Crippen LogP contribution in [-0.2, 0) is 4.79 Å². The fourth-order valence-electron chi connectivity index (χ4n) is 3.51. The Bertz CT molecular complexity index is 886. The third kappa shape index (κ3) is 3.16. The summed E-state index contributed by atoms with van der Waals surface area (Å²) in [6.45, 7) is 1.73. The van der Waals surface area contributed by atoms with Gasteiger partial charge in [-0.25, -0.2) is 4.98 Å². The molecule has 131 valence electrons. The van der Waals surface area contributed by atoms with Gasteiger partial charge in [0, 0.05) is 41.0 Å². The fraction of sp³-hybridized carbons (Fsp3) is 0.250. The number of carbonyl (C=O) groups excluding carboxylic acids is 1. The third-order valence-corrected chi connectivity index (χ3v) is 5.08. The highest BCUT2D eigenvalue weighted by Crippen LogP contribution is 2.35. The van der Waals surface area contributed by atoms with Gasteiger partial charge >= 0.3 is 0 Å². The summed E-state index contributed by atoms with van der Waals surface area (Å²) in [5.74, 6) is 0.209. The van der Waals surface area contributed by atoms with Crippen LogP contribution in [0.15, 0.2) is 55.1 Å². The topological polar surface area (TPSA) is 59.8 Å². The Labute approximate surface area is 157 Å². The van der Waals surface area contributed by atoms with Crippen LogP contribution in [0.5, 0.6) is 0 Å². The number of nitrogens with one attached hydrogen (secondary N) is 1. The summed E-state index contributed by atoms with van der Waals surface area (Å²) in [6, 6.07) is 11.1. The van der Waals surface area contributed by atoms with E-state index in [1.54, 1.807) is 18.7 Å². The van der Waals surface area contributed by atoms with Crippen LogP contribution in [0.4, 0.5) is 0 Å². The highest BCUT2D eigenvalue weighted by atomic mass is 35.5. The van der Waals surface area contributed by atoms with Gasteiger partial charge in [-0.15, -0.1) is 0 Å². The lowest BCUT2D eigenvalue weighted by atomic mass is 9.98. The molecule has 1 fully saturated rings. The van der Waals surface area contributed by atoms with Crippen molar-refractivity contribution in [3.63, 3.8) is 0 Å². The van der Waals surface area contributed by atoms with Crippen LogP contribution < -0.4 is 5.32 Å². The first-order valence-electron chi connectivity index (χ1n) is 8.59. The SMILES string of the molecule is O=[C]C([C@@H]1CCNC1)n1cnc(-c2ccc(Cl)cc2)c1-c1ccncc1. The van der Waals surface area contributed by atoms with Gasteiger partial charge in [0.25, 0.3) is 0 Å². The van der Waals surface area contributed by atoms with E-state index in [0.29, 0.717) is 5.02 Å². The first kappa shape index (κ1) is 16.9. The van der Waals surface area contributed by atoms with Gasteiger partial charge in [0.1, 0.15) is 6.04 Å². The Hall–Kier alpha value is -2.50. The number of rotatable bonds is 5. The summed E-state index contributed by atoms with van der Waals surface area (Å²) in [5.41, 5.74) is 3.64. The molecular formula is C20H18ClN4O. The second-order valence-corrected chi connectivity index (χ2v) is 6.84. The lowest BCUT2D eigenvalue weighted by Gasteiger charge is -2.21. The summed E-state index contributed by atoms with van der Waals surface area (Å²) in [7, 11) is 0. The van der Waals surface area contributed by atoms with Gasteiger partial charge < -0.3 is 9.88 Å². The fourth-order valence-corrected chi connectivity index (χ4v) is 3.64. The van der Waals surface area contributed by atoms with Crippen molar-refractivity contribution in [3.8, 4) is 22.5 Å². The summed E-state index contributed by atoms with van der Waals surface area (Å²) < 4.78 is 1.95. The molecule has 0 aliphatic carbocycles. The van der Waals surface area contributed by atoms with Crippen molar-refractivity contribution in [1.29, 1.82) is 0 Å². The average Bonchev–Trinajstić information content (AvgIpc) is 3.35. The largest absolute Gasteiger partial charge is 0.319 e. The van der Waals surface area contributed by atoms with Crippen LogP contribution in [0.2, 0.25) is 5.02 Å². The molecule has 0 saturated carbocycles. The monoisotopic (exact) mass is 365 g/mol. The van der Waals surface area contributed by atoms with Gasteiger partial charge in [-0.3, -0.25) is 9.78 Å². The molecule has 1 aromatic carbocycles. The van der Waals surface area contributed by atoms with Crippen molar-refractivity contribution in [1.82, 2.24) is 19.9 Å². The maximum atomic E-state index is 11.8. The summed E-state index contributed by atoms with van der Waals surface area (Å²) in [6.07, 6.45) is 8.42. The molecule has 0 amide bonds. The molecule has 2 atom stereocenters. The van der Waals surface area contributed by atoms with E-state index >= 15 is 0 Å². The van der Waals surface area contributed by atoms with Crippen molar-refractivity contribution in [2.75, 3.05) is 13.1 Å². The Morgan fingerprint density at radius 3 is 2.58 bits per heavy atom. The lowest BCUT2D eigenvalue weighted by Crippen LogP contribution is -2.23. The zero-order valence-electron chi connectivity index (χ0n) is 14.1. The molecule has 3 heterocycles. The predicted molar refractivity (Wildman–Crippen MR) is 102 cm³/mol. The number of imidazole rings is 1. The van der Waals surface area contributed by atoms with Gasteiger partial charge in [-0.1, -0.05) is 23.7 Å². The quantitative estimate of drug-likeness (QED) is 0.751. The molecular weight excluding hydrogens is 348 g/mol. The molecule has 1 aliphatic heterocycles. The second kappa shape index (κ2) is 7.40. The second-order valence-electron chi connectivity index (χ2n) is 6.41. The highest BCUT2D eigenvalue weighted by Gasteiger charge is 2.29. The van der Waals surface area contributed by atoms with Crippen molar-refractivity contribution >= 4 is 17.9 Å². The van der Waals surface area contributed by atoms with E-state index in [1.807, 2.05) is 41.0 Å². The molecule has 4 rings (SSSR count). The highest BCUT2D eigenvalue weighted by molar-refractivity contribution is 6.30. The Kier molecular flexibility index (Phi) is 4.82. The first-order valence-corrected chi connectivity index (χ1v) is 8.97. The van der Waals surface area contributed by atoms with Gasteiger partial charge in [0.2, 0.25) is 6.29 Å². The van der Waals surface area contributed by atoms with E-state index in [0.717, 1.165) is 42.0 Å². The molecule has 6 heteroatoms. The Morgan fingerprint density at radius 2 is 1.92 bits per heavy atom. The van der Waals surface area contributed by atoms with E-state index in [9.17, 15) is 4.79 Å². The van der Waals surface area contributed by atoms with Crippen LogP contribution in [-0.4, -0.2) is 33.9 Å². The summed E-state index contributed by atoms with van der Waals surface area (Å²) in [5, 5.41) is 4.00. The molecule has 1 unspecified atom stereocenters. The van der Waals surface area contributed by atoms with Crippen molar-refractivity contribution in [2.45, 2.75) is 12.5 Å². The van der Waals surface area contributed by atoms with Gasteiger partial charge in [0.05, 0.1) is 17.7 Å². The van der Waals surface area contributed by atoms with Crippen LogP contribution in [0.1, 0.15) is 12.5 Å². The number of hydrogen-bond acceptors (Lipinski definition) is 4. The first-order chi connectivity index (χ1) is 12.8. The molecule has 1 N–H and O–H groups in total. The number of pyridine rings is 1. The van der Waals surface area contributed by atoms with Crippen molar-refractivity contribution in [3.05, 3.63) is 60.1 Å². The molecule has 2 aromatic heterocycles. The van der Waals surface area contributed by atoms with Crippen LogP contribution in [0.3, 0.4) is 0 Å². The maximum Gasteiger partial charge on any atom is 0.223 e. The van der Waals surface area contributed by atoms with Crippen LogP contribution in [0, 0.1) is 5.92 Å². The molecule has 26 heavy (non-hydrogen) atoms. The predicted octanol–water partition coefficient (Wildman–Crippen LogP) is 3.53. The van der Waals surface area contributed by atoms with Crippen LogP contribution in [0.25, 0.3) is 22.5 Å². The number of nitrogens with zero attached hydrogens (tertiary/aromatic N) is 3. The molecule has 0 spiro atoms. The number of hydrogen-bond donors (Lipinski definition) is 1. The van der Waals surface area contributed by atoms with E-state index in [4.69, 9.17) is 11.6 Å². The zero-order chi connectivity index (χ0) is 17.9. The maximum absolute atomic E-state index is 11.8. The zero-order valence-corrected chi connectivity index (χ0v) is 14.9. The summed E-state index contributed by atoms with van der Waals surface area (Å²) in [4.78, 5) is 20.6. The lowest BCUT2D eigenvalue weighted by molar-refractivity contribution is 0.414. The standard InChI is InChI=1S/C20H18ClN4O/c21-17-3-1-14(2-4-17)19-20(15-5-8-22-9-6-15)25(13-24-19)18(12-26)16-7-10-23-11-16/h1-6,8-9,13,16,18,23H,7,10-11H2/t16-,18?/m1/s1. The number of benzene rings is 1. The minimum atomic E-state index is -0.373. The Balaban J connectivity index is 1.86. The molecule has 5 nitrogen and oxygen atoms in total.